The third-order valence-corrected chi connectivity index (χ3v) is 3.90. The minimum atomic E-state index is -0.374. The number of carbonyl (C=O) groups is 2. The van der Waals surface area contributed by atoms with Crippen LogP contribution in [0.1, 0.15) is 20.8 Å². The molecule has 0 atom stereocenters. The second kappa shape index (κ2) is 8.21. The Morgan fingerprint density at radius 1 is 1.13 bits per heavy atom. The Hall–Kier alpha value is -2.51. The molecule has 0 aliphatic heterocycles. The van der Waals surface area contributed by atoms with E-state index in [-0.39, 0.29) is 16.9 Å². The molecule has 3 N–H and O–H groups in total. The Morgan fingerprint density at radius 2 is 1.91 bits per heavy atom. The van der Waals surface area contributed by atoms with E-state index in [1.54, 1.807) is 18.2 Å². The molecule has 0 saturated carbocycles. The molecule has 2 rings (SSSR count). The summed E-state index contributed by atoms with van der Waals surface area (Å²) in [4.78, 5) is 24.6. The predicted octanol–water partition coefficient (Wildman–Crippen LogP) is 2.41. The van der Waals surface area contributed by atoms with Gasteiger partial charge in [0, 0.05) is 16.5 Å². The summed E-state index contributed by atoms with van der Waals surface area (Å²) in [5.74, 6) is -0.699. The summed E-state index contributed by atoms with van der Waals surface area (Å²) in [6.07, 6.45) is 3.07. The quantitative estimate of drug-likeness (QED) is 0.454. The molecular formula is C16H15N3O2S2. The Bertz CT molecular complexity index is 740. The molecular weight excluding hydrogens is 330 g/mol. The van der Waals surface area contributed by atoms with E-state index in [2.05, 4.69) is 16.2 Å². The van der Waals surface area contributed by atoms with Gasteiger partial charge in [0.05, 0.1) is 0 Å². The van der Waals surface area contributed by atoms with Crippen LogP contribution in [-0.2, 0) is 4.79 Å². The van der Waals surface area contributed by atoms with Gasteiger partial charge >= 0.3 is 0 Å². The third kappa shape index (κ3) is 5.32. The number of carbonyl (C=O) groups excluding carboxylic acids is 2. The maximum Gasteiger partial charge on any atom is 0.269 e. The van der Waals surface area contributed by atoms with Crippen LogP contribution in [0, 0.1) is 6.92 Å². The van der Waals surface area contributed by atoms with Gasteiger partial charge in [0.2, 0.25) is 5.91 Å². The van der Waals surface area contributed by atoms with Crippen LogP contribution in [0.4, 0.5) is 0 Å². The first-order valence-electron chi connectivity index (χ1n) is 6.75. The van der Waals surface area contributed by atoms with Gasteiger partial charge in [0.1, 0.15) is 0 Å². The largest absolute Gasteiger partial charge is 0.298 e. The highest BCUT2D eigenvalue weighted by Gasteiger charge is 2.08. The fourth-order valence-electron chi connectivity index (χ4n) is 1.74. The van der Waals surface area contributed by atoms with Crippen molar-refractivity contribution in [1.29, 1.82) is 0 Å². The molecule has 1 aromatic carbocycles. The lowest BCUT2D eigenvalue weighted by molar-refractivity contribution is -0.115. The smallest absolute Gasteiger partial charge is 0.269 e. The van der Waals surface area contributed by atoms with Crippen LogP contribution in [-0.4, -0.2) is 16.9 Å². The van der Waals surface area contributed by atoms with E-state index in [1.807, 2.05) is 36.6 Å². The molecule has 0 unspecified atom stereocenters. The first kappa shape index (κ1) is 16.9. The van der Waals surface area contributed by atoms with Crippen molar-refractivity contribution in [2.24, 2.45) is 0 Å². The molecule has 1 aromatic heterocycles. The van der Waals surface area contributed by atoms with Gasteiger partial charge in [-0.15, -0.1) is 11.3 Å². The summed E-state index contributed by atoms with van der Waals surface area (Å²) >= 11 is 6.48. The highest BCUT2D eigenvalue weighted by molar-refractivity contribution is 7.80. The first-order chi connectivity index (χ1) is 11.1. The number of amides is 2. The van der Waals surface area contributed by atoms with Gasteiger partial charge in [0.15, 0.2) is 5.11 Å². The SMILES string of the molecule is Cc1ccccc1C(=O)NNC(=S)NC(=O)/C=C/c1cccs1. The number of thiocarbonyl (C=S) groups is 1. The summed E-state index contributed by atoms with van der Waals surface area (Å²) in [5.41, 5.74) is 6.33. The molecule has 5 nitrogen and oxygen atoms in total. The lowest BCUT2D eigenvalue weighted by Gasteiger charge is -2.10. The number of hydrogen-bond acceptors (Lipinski definition) is 4. The molecule has 0 fully saturated rings. The molecule has 0 spiro atoms. The van der Waals surface area contributed by atoms with Crippen molar-refractivity contribution in [1.82, 2.24) is 16.2 Å². The number of thiophene rings is 1. The number of nitrogens with one attached hydrogen (secondary N) is 3. The highest BCUT2D eigenvalue weighted by Crippen LogP contribution is 2.09. The molecule has 0 bridgehead atoms. The average molecular weight is 345 g/mol. The number of hydrogen-bond donors (Lipinski definition) is 3. The van der Waals surface area contributed by atoms with Gasteiger partial charge in [-0.05, 0) is 48.3 Å². The van der Waals surface area contributed by atoms with Gasteiger partial charge in [-0.3, -0.25) is 25.8 Å². The molecule has 1 heterocycles. The van der Waals surface area contributed by atoms with Crippen LogP contribution in [0.3, 0.4) is 0 Å². The van der Waals surface area contributed by atoms with E-state index in [4.69, 9.17) is 12.2 Å². The normalized spacial score (nSPS) is 10.3. The summed E-state index contributed by atoms with van der Waals surface area (Å²) < 4.78 is 0. The van der Waals surface area contributed by atoms with Gasteiger partial charge < -0.3 is 0 Å². The summed E-state index contributed by atoms with van der Waals surface area (Å²) in [7, 11) is 0. The van der Waals surface area contributed by atoms with E-state index in [1.165, 1.54) is 17.4 Å². The van der Waals surface area contributed by atoms with E-state index in [0.717, 1.165) is 10.4 Å². The second-order valence-corrected chi connectivity index (χ2v) is 5.95. The van der Waals surface area contributed by atoms with Crippen LogP contribution in [0.2, 0.25) is 0 Å². The highest BCUT2D eigenvalue weighted by atomic mass is 32.1. The Kier molecular flexibility index (Phi) is 6.02. The van der Waals surface area contributed by atoms with Crippen molar-refractivity contribution in [2.75, 3.05) is 0 Å². The maximum absolute atomic E-state index is 12.0. The van der Waals surface area contributed by atoms with Crippen LogP contribution in [0.25, 0.3) is 6.08 Å². The molecule has 2 amide bonds. The molecule has 0 aliphatic rings. The van der Waals surface area contributed by atoms with Gasteiger partial charge in [-0.25, -0.2) is 0 Å². The Labute approximate surface area is 143 Å². The van der Waals surface area contributed by atoms with E-state index >= 15 is 0 Å². The molecule has 23 heavy (non-hydrogen) atoms. The lowest BCUT2D eigenvalue weighted by Crippen LogP contribution is -2.48. The maximum atomic E-state index is 12.0. The number of benzene rings is 1. The minimum absolute atomic E-state index is 0.0211. The van der Waals surface area contributed by atoms with Crippen molar-refractivity contribution >= 4 is 46.6 Å². The molecule has 7 heteroatoms. The van der Waals surface area contributed by atoms with E-state index < -0.39 is 0 Å². The molecule has 0 saturated heterocycles. The second-order valence-electron chi connectivity index (χ2n) is 4.56. The monoisotopic (exact) mass is 345 g/mol. The lowest BCUT2D eigenvalue weighted by atomic mass is 10.1. The summed E-state index contributed by atoms with van der Waals surface area (Å²) in [6.45, 7) is 1.84. The van der Waals surface area contributed by atoms with Crippen molar-refractivity contribution in [3.63, 3.8) is 0 Å². The van der Waals surface area contributed by atoms with Gasteiger partial charge in [-0.1, -0.05) is 24.3 Å². The Morgan fingerprint density at radius 3 is 2.61 bits per heavy atom. The zero-order valence-electron chi connectivity index (χ0n) is 12.3. The van der Waals surface area contributed by atoms with Crippen LogP contribution in [0.5, 0.6) is 0 Å². The number of rotatable bonds is 3. The van der Waals surface area contributed by atoms with Crippen molar-refractivity contribution in [3.8, 4) is 0 Å². The molecule has 0 aliphatic carbocycles. The summed E-state index contributed by atoms with van der Waals surface area (Å²) in [5, 5.41) is 4.39. The number of hydrazine groups is 1. The van der Waals surface area contributed by atoms with Crippen molar-refractivity contribution in [2.45, 2.75) is 6.92 Å². The zero-order chi connectivity index (χ0) is 16.7. The summed E-state index contributed by atoms with van der Waals surface area (Å²) in [6, 6.07) is 11.0. The molecule has 118 valence electrons. The topological polar surface area (TPSA) is 70.2 Å². The van der Waals surface area contributed by atoms with Crippen LogP contribution < -0.4 is 16.2 Å². The molecule has 0 radical (unpaired) electrons. The van der Waals surface area contributed by atoms with Crippen molar-refractivity contribution in [3.05, 3.63) is 63.9 Å². The minimum Gasteiger partial charge on any atom is -0.298 e. The fourth-order valence-corrected chi connectivity index (χ4v) is 2.51. The van der Waals surface area contributed by atoms with Crippen LogP contribution >= 0.6 is 23.6 Å². The van der Waals surface area contributed by atoms with E-state index in [9.17, 15) is 9.59 Å². The number of aryl methyl sites for hydroxylation is 1. The van der Waals surface area contributed by atoms with Gasteiger partial charge in [0.25, 0.3) is 5.91 Å². The van der Waals surface area contributed by atoms with E-state index in [0.29, 0.717) is 5.56 Å². The van der Waals surface area contributed by atoms with Gasteiger partial charge in [-0.2, -0.15) is 0 Å². The van der Waals surface area contributed by atoms with Crippen LogP contribution in [0.15, 0.2) is 47.9 Å². The molecule has 2 aromatic rings. The van der Waals surface area contributed by atoms with Crippen molar-refractivity contribution < 1.29 is 9.59 Å². The Balaban J connectivity index is 1.80. The standard InChI is InChI=1S/C16H15N3O2S2/c1-11-5-2-3-7-13(11)15(21)18-19-16(22)17-14(20)9-8-12-6-4-10-23-12/h2-10H,1H3,(H,18,21)(H2,17,19,20,22)/b9-8+. The first-order valence-corrected chi connectivity index (χ1v) is 8.03. The third-order valence-electron chi connectivity index (χ3n) is 2.86. The zero-order valence-corrected chi connectivity index (χ0v) is 14.0. The fraction of sp³-hybridized carbons (Fsp3) is 0.0625. The predicted molar refractivity (Wildman–Crippen MR) is 95.9 cm³/mol. The average Bonchev–Trinajstić information content (AvgIpc) is 3.04.